The number of benzene rings is 2. The zero-order chi connectivity index (χ0) is 9.42. The van der Waals surface area contributed by atoms with Gasteiger partial charge in [0.2, 0.25) is 0 Å². The van der Waals surface area contributed by atoms with E-state index in [1.165, 1.54) is 0 Å². The minimum atomic E-state index is -0.165. The largest absolute Gasteiger partial charge is 0.504 e. The molecule has 0 saturated heterocycles. The number of hydrogen-bond donors (Lipinski definition) is 3. The molecule has 0 atom stereocenters. The second-order valence-corrected chi connectivity index (χ2v) is 3.30. The van der Waals surface area contributed by atoms with Crippen LogP contribution in [0.5, 0.6) is 11.5 Å². The molecule has 0 amide bonds. The van der Waals surface area contributed by atoms with Crippen molar-refractivity contribution in [2.24, 2.45) is 0 Å². The normalized spacial score (nSPS) is 10.5. The molecule has 0 spiro atoms. The first-order valence-corrected chi connectivity index (χ1v) is 4.27. The van der Waals surface area contributed by atoms with Crippen LogP contribution in [0.15, 0.2) is 35.2 Å². The zero-order valence-corrected chi connectivity index (χ0v) is 7.62. The maximum absolute atomic E-state index is 9.54. The van der Waals surface area contributed by atoms with Crippen molar-refractivity contribution < 1.29 is 10.2 Å². The van der Waals surface area contributed by atoms with E-state index in [-0.39, 0.29) is 11.5 Å². The third-order valence-corrected chi connectivity index (χ3v) is 2.32. The van der Waals surface area contributed by atoms with Crippen LogP contribution in [-0.4, -0.2) is 10.2 Å². The van der Waals surface area contributed by atoms with Crippen LogP contribution in [0.3, 0.4) is 0 Å². The van der Waals surface area contributed by atoms with Crippen molar-refractivity contribution in [3.8, 4) is 11.5 Å². The molecule has 0 heterocycles. The maximum Gasteiger partial charge on any atom is 0.171 e. The predicted octanol–water partition coefficient (Wildman–Crippen LogP) is 2.54. The van der Waals surface area contributed by atoms with Crippen molar-refractivity contribution in [1.82, 2.24) is 0 Å². The summed E-state index contributed by atoms with van der Waals surface area (Å²) in [5.74, 6) is -0.273. The summed E-state index contributed by atoms with van der Waals surface area (Å²) in [6, 6.07) is 8.99. The number of thiol groups is 1. The zero-order valence-electron chi connectivity index (χ0n) is 6.73. The van der Waals surface area contributed by atoms with Gasteiger partial charge in [-0.15, -0.1) is 12.6 Å². The standard InChI is InChI=1S/C10H8O2S/c11-9-7-4-2-1-3-6(7)5-8(13)10(9)12/h1-5,11-13H. The van der Waals surface area contributed by atoms with E-state index in [0.717, 1.165) is 5.39 Å². The van der Waals surface area contributed by atoms with Crippen LogP contribution >= 0.6 is 12.6 Å². The lowest BCUT2D eigenvalue weighted by Crippen LogP contribution is -1.76. The summed E-state index contributed by atoms with van der Waals surface area (Å²) >= 11 is 4.03. The van der Waals surface area contributed by atoms with Crippen LogP contribution in [0, 0.1) is 0 Å². The molecule has 0 aromatic heterocycles. The molecule has 2 rings (SSSR count). The van der Waals surface area contributed by atoms with Crippen molar-refractivity contribution in [1.29, 1.82) is 0 Å². The Bertz CT molecular complexity index is 466. The topological polar surface area (TPSA) is 40.5 Å². The van der Waals surface area contributed by atoms with E-state index in [1.54, 1.807) is 18.2 Å². The highest BCUT2D eigenvalue weighted by atomic mass is 32.1. The molecule has 3 heteroatoms. The molecule has 2 nitrogen and oxygen atoms in total. The fourth-order valence-electron chi connectivity index (χ4n) is 1.30. The van der Waals surface area contributed by atoms with Gasteiger partial charge >= 0.3 is 0 Å². The van der Waals surface area contributed by atoms with E-state index in [0.29, 0.717) is 10.3 Å². The number of hydrogen-bond acceptors (Lipinski definition) is 3. The Morgan fingerprint density at radius 3 is 2.46 bits per heavy atom. The summed E-state index contributed by atoms with van der Waals surface area (Å²) in [5.41, 5.74) is 0. The number of aromatic hydroxyl groups is 2. The van der Waals surface area contributed by atoms with Crippen LogP contribution in [0.1, 0.15) is 0 Å². The monoisotopic (exact) mass is 192 g/mol. The number of fused-ring (bicyclic) bond motifs is 1. The third kappa shape index (κ3) is 1.21. The SMILES string of the molecule is Oc1c(S)cc2ccccc2c1O. The van der Waals surface area contributed by atoms with Crippen LogP contribution in [0.2, 0.25) is 0 Å². The molecule has 0 aliphatic heterocycles. The number of rotatable bonds is 0. The average Bonchev–Trinajstić information content (AvgIpc) is 2.15. The van der Waals surface area contributed by atoms with E-state index < -0.39 is 0 Å². The van der Waals surface area contributed by atoms with E-state index in [1.807, 2.05) is 12.1 Å². The Balaban J connectivity index is 2.94. The molecular formula is C10H8O2S. The van der Waals surface area contributed by atoms with Gasteiger partial charge in [-0.3, -0.25) is 0 Å². The van der Waals surface area contributed by atoms with Gasteiger partial charge in [-0.05, 0) is 11.5 Å². The first-order valence-electron chi connectivity index (χ1n) is 3.83. The van der Waals surface area contributed by atoms with Gasteiger partial charge in [0.15, 0.2) is 11.5 Å². The summed E-state index contributed by atoms with van der Waals surface area (Å²) in [7, 11) is 0. The molecule has 0 aliphatic rings. The van der Waals surface area contributed by atoms with Crippen molar-refractivity contribution in [3.05, 3.63) is 30.3 Å². The van der Waals surface area contributed by atoms with E-state index in [2.05, 4.69) is 12.6 Å². The van der Waals surface area contributed by atoms with Gasteiger partial charge in [0, 0.05) is 5.39 Å². The van der Waals surface area contributed by atoms with Crippen molar-refractivity contribution >= 4 is 23.4 Å². The molecule has 0 radical (unpaired) electrons. The molecule has 2 N–H and O–H groups in total. The van der Waals surface area contributed by atoms with Gasteiger partial charge in [0.05, 0.1) is 4.90 Å². The first-order chi connectivity index (χ1) is 6.20. The second-order valence-electron chi connectivity index (χ2n) is 2.81. The fraction of sp³-hybridized carbons (Fsp3) is 0. The molecule has 0 saturated carbocycles. The van der Waals surface area contributed by atoms with E-state index in [9.17, 15) is 10.2 Å². The van der Waals surface area contributed by atoms with Crippen molar-refractivity contribution in [2.75, 3.05) is 0 Å². The minimum absolute atomic E-state index is 0.108. The number of phenols is 2. The third-order valence-electron chi connectivity index (χ3n) is 1.98. The van der Waals surface area contributed by atoms with Gasteiger partial charge in [-0.25, -0.2) is 0 Å². The van der Waals surface area contributed by atoms with Gasteiger partial charge in [-0.2, -0.15) is 0 Å². The van der Waals surface area contributed by atoms with Crippen LogP contribution in [0.25, 0.3) is 10.8 Å². The van der Waals surface area contributed by atoms with Crippen LogP contribution in [-0.2, 0) is 0 Å². The lowest BCUT2D eigenvalue weighted by atomic mass is 10.1. The van der Waals surface area contributed by atoms with Gasteiger partial charge in [0.25, 0.3) is 0 Å². The van der Waals surface area contributed by atoms with Gasteiger partial charge < -0.3 is 10.2 Å². The van der Waals surface area contributed by atoms with E-state index in [4.69, 9.17) is 0 Å². The Kier molecular flexibility index (Phi) is 1.81. The van der Waals surface area contributed by atoms with Crippen molar-refractivity contribution in [3.63, 3.8) is 0 Å². The molecule has 13 heavy (non-hydrogen) atoms. The first kappa shape index (κ1) is 8.26. The predicted molar refractivity (Wildman–Crippen MR) is 54.5 cm³/mol. The van der Waals surface area contributed by atoms with Gasteiger partial charge in [-0.1, -0.05) is 24.3 Å². The maximum atomic E-state index is 9.54. The minimum Gasteiger partial charge on any atom is -0.504 e. The van der Waals surface area contributed by atoms with Crippen LogP contribution in [0.4, 0.5) is 0 Å². The molecule has 66 valence electrons. The summed E-state index contributed by atoms with van der Waals surface area (Å²) in [4.78, 5) is 0.385. The molecule has 0 unspecified atom stereocenters. The molecule has 0 fully saturated rings. The van der Waals surface area contributed by atoms with Crippen LogP contribution < -0.4 is 0 Å². The number of phenolic OH excluding ortho intramolecular Hbond substituents is 2. The lowest BCUT2D eigenvalue weighted by molar-refractivity contribution is 0.399. The Morgan fingerprint density at radius 1 is 1.00 bits per heavy atom. The summed E-state index contributed by atoms with van der Waals surface area (Å²) in [5, 5.41) is 20.4. The Morgan fingerprint density at radius 2 is 1.69 bits per heavy atom. The van der Waals surface area contributed by atoms with E-state index >= 15 is 0 Å². The van der Waals surface area contributed by atoms with Crippen molar-refractivity contribution in [2.45, 2.75) is 4.90 Å². The molecule has 2 aromatic rings. The summed E-state index contributed by atoms with van der Waals surface area (Å²) < 4.78 is 0. The molecule has 0 aliphatic carbocycles. The molecule has 2 aromatic carbocycles. The quantitative estimate of drug-likeness (QED) is 0.443. The summed E-state index contributed by atoms with van der Waals surface area (Å²) in [6.45, 7) is 0. The smallest absolute Gasteiger partial charge is 0.171 e. The Hall–Kier alpha value is -1.35. The molecular weight excluding hydrogens is 184 g/mol. The highest BCUT2D eigenvalue weighted by Crippen LogP contribution is 2.38. The molecule has 0 bridgehead atoms. The lowest BCUT2D eigenvalue weighted by Gasteiger charge is -2.05. The highest BCUT2D eigenvalue weighted by Gasteiger charge is 2.07. The Labute approximate surface area is 80.9 Å². The second kappa shape index (κ2) is 2.85. The fourth-order valence-corrected chi connectivity index (χ4v) is 1.55. The van der Waals surface area contributed by atoms with Gasteiger partial charge in [0.1, 0.15) is 0 Å². The average molecular weight is 192 g/mol. The summed E-state index contributed by atoms with van der Waals surface area (Å²) in [6.07, 6.45) is 0. The highest BCUT2D eigenvalue weighted by molar-refractivity contribution is 7.80.